The highest BCUT2D eigenvalue weighted by molar-refractivity contribution is 6.04. The van der Waals surface area contributed by atoms with Crippen LogP contribution in [0.15, 0.2) is 18.2 Å². The summed E-state index contributed by atoms with van der Waals surface area (Å²) in [7, 11) is 0. The number of alkyl halides is 3. The molecule has 2 saturated carbocycles. The fraction of sp³-hybridized carbons (Fsp3) is 0.519. The van der Waals surface area contributed by atoms with E-state index in [4.69, 9.17) is 10.5 Å². The van der Waals surface area contributed by atoms with Crippen LogP contribution in [-0.2, 0) is 17.3 Å². The van der Waals surface area contributed by atoms with Crippen LogP contribution in [0.1, 0.15) is 87.9 Å². The summed E-state index contributed by atoms with van der Waals surface area (Å²) >= 11 is 0. The monoisotopic (exact) mass is 533 g/mol. The Morgan fingerprint density at radius 1 is 1.16 bits per heavy atom. The Morgan fingerprint density at radius 3 is 2.45 bits per heavy atom. The van der Waals surface area contributed by atoms with Gasteiger partial charge >= 0.3 is 12.1 Å². The van der Waals surface area contributed by atoms with Gasteiger partial charge in [-0.05, 0) is 75.5 Å². The Labute approximate surface area is 217 Å². The molecule has 0 aliphatic heterocycles. The molecule has 2 fully saturated rings. The van der Waals surface area contributed by atoms with Gasteiger partial charge < -0.3 is 25.5 Å². The van der Waals surface area contributed by atoms with E-state index < -0.39 is 40.7 Å². The third-order valence-electron chi connectivity index (χ3n) is 7.99. The van der Waals surface area contributed by atoms with Crippen molar-refractivity contribution in [2.45, 2.75) is 70.2 Å². The van der Waals surface area contributed by atoms with Crippen molar-refractivity contribution in [1.29, 1.82) is 0 Å². The lowest BCUT2D eigenvalue weighted by Gasteiger charge is -2.21. The minimum absolute atomic E-state index is 0.0127. The van der Waals surface area contributed by atoms with Crippen molar-refractivity contribution in [3.8, 4) is 5.69 Å². The third-order valence-corrected chi connectivity index (χ3v) is 7.99. The number of primary amides is 1. The number of carbonyl (C=O) groups is 3. The fourth-order valence-corrected chi connectivity index (χ4v) is 6.58. The molecule has 1 heterocycles. The molecule has 4 atom stereocenters. The predicted molar refractivity (Wildman–Crippen MR) is 131 cm³/mol. The highest BCUT2D eigenvalue weighted by Crippen LogP contribution is 2.46. The molecule has 0 bridgehead atoms. The van der Waals surface area contributed by atoms with E-state index in [-0.39, 0.29) is 48.5 Å². The number of aromatic nitrogens is 1. The van der Waals surface area contributed by atoms with Gasteiger partial charge in [0, 0.05) is 29.5 Å². The number of nitrogens with two attached hydrogens (primary N) is 1. The van der Waals surface area contributed by atoms with Gasteiger partial charge in [0.05, 0.1) is 29.4 Å². The van der Waals surface area contributed by atoms with Crippen molar-refractivity contribution in [3.63, 3.8) is 0 Å². The first-order valence-electron chi connectivity index (χ1n) is 12.9. The molecular formula is C27H30F3N3O5. The molecule has 1 aromatic carbocycles. The Morgan fingerprint density at radius 2 is 1.84 bits per heavy atom. The average molecular weight is 534 g/mol. The number of nitrogens with one attached hydrogen (secondary N) is 1. The van der Waals surface area contributed by atoms with Gasteiger partial charge in [-0.3, -0.25) is 9.59 Å². The van der Waals surface area contributed by atoms with Crippen molar-refractivity contribution >= 4 is 23.3 Å². The van der Waals surface area contributed by atoms with Gasteiger partial charge in [0.15, 0.2) is 5.78 Å². The molecule has 4 N–H and O–H groups in total. The van der Waals surface area contributed by atoms with E-state index in [0.717, 1.165) is 30.3 Å². The van der Waals surface area contributed by atoms with Crippen LogP contribution in [0.4, 0.5) is 18.9 Å². The van der Waals surface area contributed by atoms with E-state index in [1.165, 1.54) is 25.1 Å². The smallest absolute Gasteiger partial charge is 0.419 e. The number of esters is 1. The second kappa shape index (κ2) is 9.76. The lowest BCUT2D eigenvalue weighted by molar-refractivity contribution is -0.138. The first-order chi connectivity index (χ1) is 18.0. The van der Waals surface area contributed by atoms with Gasteiger partial charge in [0.25, 0.3) is 5.91 Å². The fourth-order valence-electron chi connectivity index (χ4n) is 6.58. The van der Waals surface area contributed by atoms with Gasteiger partial charge in [-0.15, -0.1) is 0 Å². The molecule has 0 radical (unpaired) electrons. The van der Waals surface area contributed by atoms with Crippen molar-refractivity contribution in [2.75, 3.05) is 11.9 Å². The number of carbonyl (C=O) groups excluding carboxylic acids is 3. The zero-order valence-electron chi connectivity index (χ0n) is 20.9. The molecule has 3 aliphatic rings. The summed E-state index contributed by atoms with van der Waals surface area (Å²) in [6.07, 6.45) is -1.81. The van der Waals surface area contributed by atoms with Crippen LogP contribution < -0.4 is 11.1 Å². The number of hydrogen-bond acceptors (Lipinski definition) is 6. The van der Waals surface area contributed by atoms with E-state index in [9.17, 15) is 32.7 Å². The number of hydrogen-bond donors (Lipinski definition) is 3. The number of Topliss-reactive ketones (excluding diaryl/α,β-unsaturated/α-hetero) is 1. The SMILES string of the molecule is CCOC(=O)c1c(C(F)(F)F)c2c(n1-c1ccc(C(N)=O)c(NC3C[C@H]4CC(O)C[C@H]4C3)c1)CCCC2=O. The molecule has 1 aromatic heterocycles. The number of benzene rings is 1. The van der Waals surface area contributed by atoms with E-state index >= 15 is 0 Å². The van der Waals surface area contributed by atoms with E-state index in [1.54, 1.807) is 0 Å². The summed E-state index contributed by atoms with van der Waals surface area (Å²) in [6.45, 7) is 1.34. The van der Waals surface area contributed by atoms with Crippen molar-refractivity contribution in [3.05, 3.63) is 46.3 Å². The van der Waals surface area contributed by atoms with E-state index in [0.29, 0.717) is 23.9 Å². The first kappa shape index (κ1) is 26.3. The number of anilines is 1. The summed E-state index contributed by atoms with van der Waals surface area (Å²) in [6, 6.07) is 4.33. The minimum atomic E-state index is -4.97. The second-order valence-corrected chi connectivity index (χ2v) is 10.4. The van der Waals surface area contributed by atoms with Crippen LogP contribution >= 0.6 is 0 Å². The van der Waals surface area contributed by atoms with Gasteiger partial charge in [0.1, 0.15) is 5.69 Å². The molecule has 3 aliphatic carbocycles. The molecule has 0 spiro atoms. The van der Waals surface area contributed by atoms with Gasteiger partial charge in [-0.1, -0.05) is 0 Å². The molecule has 2 aromatic rings. The predicted octanol–water partition coefficient (Wildman–Crippen LogP) is 4.25. The number of ether oxygens (including phenoxy) is 1. The van der Waals surface area contributed by atoms with Gasteiger partial charge in [-0.25, -0.2) is 4.79 Å². The number of aliphatic hydroxyl groups is 1. The molecule has 1 amide bonds. The van der Waals surface area contributed by atoms with Crippen molar-refractivity contribution in [1.82, 2.24) is 4.57 Å². The first-order valence-corrected chi connectivity index (χ1v) is 12.9. The number of ketones is 1. The minimum Gasteiger partial charge on any atom is -0.461 e. The normalized spacial score (nSPS) is 24.7. The number of rotatable bonds is 6. The highest BCUT2D eigenvalue weighted by Gasteiger charge is 2.46. The molecule has 204 valence electrons. The topological polar surface area (TPSA) is 124 Å². The zero-order valence-corrected chi connectivity index (χ0v) is 20.9. The number of halogens is 3. The second-order valence-electron chi connectivity index (χ2n) is 10.4. The third kappa shape index (κ3) is 4.57. The van der Waals surface area contributed by atoms with E-state index in [1.807, 2.05) is 0 Å². The molecule has 38 heavy (non-hydrogen) atoms. The standard InChI is InChI=1S/C27H30F3N3O5/c1-2-38-26(37)24-23(27(28,29)30)22-20(4-3-5-21(22)35)33(24)16-6-7-18(25(31)36)19(12-16)32-15-8-13-10-17(34)11-14(13)9-15/h6-7,12-15,17,32,34H,2-5,8-11H2,1H3,(H2,31,36)/t13-,14+,15?,17?. The summed E-state index contributed by atoms with van der Waals surface area (Å²) < 4.78 is 49.2. The number of amides is 1. The summed E-state index contributed by atoms with van der Waals surface area (Å²) in [5.41, 5.74) is 3.87. The quantitative estimate of drug-likeness (QED) is 0.477. The zero-order chi connectivity index (χ0) is 27.4. The maximum absolute atomic E-state index is 14.3. The molecule has 2 unspecified atom stereocenters. The Balaban J connectivity index is 1.64. The highest BCUT2D eigenvalue weighted by atomic mass is 19.4. The summed E-state index contributed by atoms with van der Waals surface area (Å²) in [4.78, 5) is 37.9. The van der Waals surface area contributed by atoms with Crippen molar-refractivity contribution in [2.24, 2.45) is 17.6 Å². The van der Waals surface area contributed by atoms with Crippen LogP contribution in [0.2, 0.25) is 0 Å². The lowest BCUT2D eigenvalue weighted by atomic mass is 9.93. The number of aliphatic hydroxyl groups excluding tert-OH is 1. The lowest BCUT2D eigenvalue weighted by Crippen LogP contribution is -2.22. The van der Waals surface area contributed by atoms with E-state index in [2.05, 4.69) is 5.32 Å². The average Bonchev–Trinajstić information content (AvgIpc) is 3.48. The number of fused-ring (bicyclic) bond motifs is 2. The molecule has 11 heteroatoms. The van der Waals surface area contributed by atoms with Crippen molar-refractivity contribution < 1.29 is 37.4 Å². The van der Waals surface area contributed by atoms with Gasteiger partial charge in [0.2, 0.25) is 0 Å². The molecule has 0 saturated heterocycles. The number of nitrogens with zero attached hydrogens (tertiary/aromatic N) is 1. The van der Waals surface area contributed by atoms with Crippen LogP contribution in [0, 0.1) is 11.8 Å². The van der Waals surface area contributed by atoms with Crippen LogP contribution in [0.25, 0.3) is 5.69 Å². The Hall–Kier alpha value is -3.34. The molecule has 8 nitrogen and oxygen atoms in total. The Kier molecular flexibility index (Phi) is 6.75. The maximum Gasteiger partial charge on any atom is 0.419 e. The Bertz CT molecular complexity index is 1290. The van der Waals surface area contributed by atoms with Gasteiger partial charge in [-0.2, -0.15) is 13.2 Å². The van der Waals surface area contributed by atoms with Crippen LogP contribution in [-0.4, -0.2) is 46.1 Å². The van der Waals surface area contributed by atoms with Crippen LogP contribution in [0.5, 0.6) is 0 Å². The summed E-state index contributed by atoms with van der Waals surface area (Å²) in [5.74, 6) is -1.85. The van der Waals surface area contributed by atoms with Crippen LogP contribution in [0.3, 0.4) is 0 Å². The largest absolute Gasteiger partial charge is 0.461 e. The molecule has 5 rings (SSSR count). The summed E-state index contributed by atoms with van der Waals surface area (Å²) in [5, 5.41) is 13.3. The molecular weight excluding hydrogens is 503 g/mol. The maximum atomic E-state index is 14.3.